The number of anilines is 1. The van der Waals surface area contributed by atoms with E-state index in [0.29, 0.717) is 0 Å². The van der Waals surface area contributed by atoms with E-state index < -0.39 is 5.91 Å². The first-order chi connectivity index (χ1) is 9.15. The third-order valence-corrected chi connectivity index (χ3v) is 2.34. The van der Waals surface area contributed by atoms with E-state index in [1.807, 2.05) is 0 Å². The Bertz CT molecular complexity index is 596. The number of hydrogen-bond donors (Lipinski definition) is 3. The second kappa shape index (κ2) is 5.25. The maximum atomic E-state index is 11.9. The van der Waals surface area contributed by atoms with Crippen LogP contribution in [0.5, 0.6) is 17.5 Å². The van der Waals surface area contributed by atoms with Crippen molar-refractivity contribution in [3.05, 3.63) is 23.8 Å². The molecular formula is C11H12N4O4. The van der Waals surface area contributed by atoms with Gasteiger partial charge in [0.1, 0.15) is 0 Å². The molecule has 0 spiro atoms. The van der Waals surface area contributed by atoms with Crippen LogP contribution in [0.1, 0.15) is 10.4 Å². The summed E-state index contributed by atoms with van der Waals surface area (Å²) in [7, 11) is 2.81. The summed E-state index contributed by atoms with van der Waals surface area (Å²) in [6.07, 6.45) is 0. The molecule has 0 aliphatic carbocycles. The maximum Gasteiger partial charge on any atom is 0.336 e. The smallest absolute Gasteiger partial charge is 0.336 e. The number of methoxy groups -OCH3 is 2. The molecule has 8 nitrogen and oxygen atoms in total. The summed E-state index contributed by atoms with van der Waals surface area (Å²) >= 11 is 0. The third-order valence-electron chi connectivity index (χ3n) is 2.34. The van der Waals surface area contributed by atoms with Crippen molar-refractivity contribution in [1.29, 1.82) is 0 Å². The number of carbonyl (C=O) groups excluding carboxylic acids is 1. The molecule has 1 heterocycles. The molecule has 0 fully saturated rings. The number of aromatic amines is 1. The number of carbonyl (C=O) groups is 1. The summed E-state index contributed by atoms with van der Waals surface area (Å²) in [6.45, 7) is 0. The van der Waals surface area contributed by atoms with Gasteiger partial charge in [-0.3, -0.25) is 10.1 Å². The van der Waals surface area contributed by atoms with Crippen LogP contribution in [0, 0.1) is 0 Å². The Kier molecular flexibility index (Phi) is 3.51. The normalized spacial score (nSPS) is 10.0. The lowest BCUT2D eigenvalue weighted by atomic mass is 10.1. The average molecular weight is 264 g/mol. The highest BCUT2D eigenvalue weighted by Gasteiger charge is 2.16. The molecule has 2 aromatic rings. The minimum absolute atomic E-state index is 0.0646. The standard InChI is InChI=1S/C11H12N4O4/c1-18-7-5-3-4-6(8(7)16)9(17)12-10-13-11(19-2)15-14-10/h3-5,16H,1-2H3,(H2,12,13,14,15,17). The largest absolute Gasteiger partial charge is 0.504 e. The maximum absolute atomic E-state index is 11.9. The fourth-order valence-corrected chi connectivity index (χ4v) is 1.44. The lowest BCUT2D eigenvalue weighted by Crippen LogP contribution is -2.13. The fourth-order valence-electron chi connectivity index (χ4n) is 1.44. The molecule has 0 aliphatic heterocycles. The van der Waals surface area contributed by atoms with Crippen molar-refractivity contribution in [3.8, 4) is 17.5 Å². The summed E-state index contributed by atoms with van der Waals surface area (Å²) in [4.78, 5) is 15.8. The van der Waals surface area contributed by atoms with Gasteiger partial charge in [-0.1, -0.05) is 6.07 Å². The van der Waals surface area contributed by atoms with E-state index in [-0.39, 0.29) is 29.0 Å². The van der Waals surface area contributed by atoms with E-state index in [0.717, 1.165) is 0 Å². The Morgan fingerprint density at radius 2 is 2.16 bits per heavy atom. The van der Waals surface area contributed by atoms with Gasteiger partial charge in [0, 0.05) is 0 Å². The summed E-state index contributed by atoms with van der Waals surface area (Å²) < 4.78 is 9.69. The summed E-state index contributed by atoms with van der Waals surface area (Å²) in [5, 5.41) is 18.4. The number of aromatic hydroxyl groups is 1. The topological polar surface area (TPSA) is 109 Å². The minimum Gasteiger partial charge on any atom is -0.504 e. The van der Waals surface area contributed by atoms with Gasteiger partial charge >= 0.3 is 6.01 Å². The van der Waals surface area contributed by atoms with Crippen molar-refractivity contribution < 1.29 is 19.4 Å². The second-order valence-corrected chi connectivity index (χ2v) is 3.48. The molecule has 0 bridgehead atoms. The number of nitrogens with zero attached hydrogens (tertiary/aromatic N) is 2. The minimum atomic E-state index is -0.546. The lowest BCUT2D eigenvalue weighted by Gasteiger charge is -2.07. The zero-order chi connectivity index (χ0) is 13.8. The molecule has 1 amide bonds. The first-order valence-electron chi connectivity index (χ1n) is 5.29. The van der Waals surface area contributed by atoms with Gasteiger partial charge in [0.05, 0.1) is 19.8 Å². The summed E-state index contributed by atoms with van der Waals surface area (Å²) in [5.41, 5.74) is 0.0646. The number of aromatic nitrogens is 3. The summed E-state index contributed by atoms with van der Waals surface area (Å²) in [5.74, 6) is -0.462. The Labute approximate surface area is 108 Å². The molecule has 0 saturated heterocycles. The van der Waals surface area contributed by atoms with Gasteiger partial charge in [0.2, 0.25) is 5.95 Å². The Hall–Kier alpha value is -2.77. The number of ether oxygens (including phenoxy) is 2. The van der Waals surface area contributed by atoms with Gasteiger partial charge in [0.15, 0.2) is 11.5 Å². The van der Waals surface area contributed by atoms with E-state index in [2.05, 4.69) is 20.5 Å². The van der Waals surface area contributed by atoms with Crippen molar-refractivity contribution in [1.82, 2.24) is 15.2 Å². The average Bonchev–Trinajstić information content (AvgIpc) is 2.86. The molecule has 0 radical (unpaired) electrons. The molecule has 19 heavy (non-hydrogen) atoms. The molecule has 0 saturated carbocycles. The molecule has 8 heteroatoms. The predicted molar refractivity (Wildman–Crippen MR) is 65.5 cm³/mol. The molecule has 3 N–H and O–H groups in total. The number of phenols is 1. The first kappa shape index (κ1) is 12.7. The number of amides is 1. The van der Waals surface area contributed by atoms with Gasteiger partial charge < -0.3 is 14.6 Å². The predicted octanol–water partition coefficient (Wildman–Crippen LogP) is 0.780. The molecule has 2 rings (SSSR count). The molecule has 100 valence electrons. The molecule has 1 aromatic carbocycles. The van der Waals surface area contributed by atoms with Crippen molar-refractivity contribution in [2.45, 2.75) is 0 Å². The Morgan fingerprint density at radius 1 is 1.37 bits per heavy atom. The second-order valence-electron chi connectivity index (χ2n) is 3.48. The molecular weight excluding hydrogens is 252 g/mol. The van der Waals surface area contributed by atoms with E-state index in [1.54, 1.807) is 12.1 Å². The Morgan fingerprint density at radius 3 is 2.79 bits per heavy atom. The van der Waals surface area contributed by atoms with Gasteiger partial charge in [-0.2, -0.15) is 4.98 Å². The number of benzene rings is 1. The molecule has 0 atom stereocenters. The van der Waals surface area contributed by atoms with Gasteiger partial charge in [-0.25, -0.2) is 5.10 Å². The zero-order valence-corrected chi connectivity index (χ0v) is 10.3. The molecule has 0 aliphatic rings. The molecule has 0 unspecified atom stereocenters. The highest BCUT2D eigenvalue weighted by molar-refractivity contribution is 6.05. The number of para-hydroxylation sites is 1. The third kappa shape index (κ3) is 2.57. The quantitative estimate of drug-likeness (QED) is 0.752. The van der Waals surface area contributed by atoms with Gasteiger partial charge in [-0.05, 0) is 12.1 Å². The lowest BCUT2D eigenvalue weighted by molar-refractivity contribution is 0.102. The van der Waals surface area contributed by atoms with Crippen LogP contribution in [-0.2, 0) is 0 Å². The van der Waals surface area contributed by atoms with Gasteiger partial charge in [-0.15, -0.1) is 5.10 Å². The van der Waals surface area contributed by atoms with Crippen LogP contribution in [0.2, 0.25) is 0 Å². The SMILES string of the molecule is COc1n[nH]c(NC(=O)c2cccc(OC)c2O)n1. The number of nitrogens with one attached hydrogen (secondary N) is 2. The number of rotatable bonds is 4. The van der Waals surface area contributed by atoms with E-state index in [1.165, 1.54) is 20.3 Å². The first-order valence-corrected chi connectivity index (χ1v) is 5.29. The van der Waals surface area contributed by atoms with Crippen LogP contribution >= 0.6 is 0 Å². The van der Waals surface area contributed by atoms with Crippen LogP contribution in [0.25, 0.3) is 0 Å². The van der Waals surface area contributed by atoms with Crippen molar-refractivity contribution in [3.63, 3.8) is 0 Å². The zero-order valence-electron chi connectivity index (χ0n) is 10.3. The van der Waals surface area contributed by atoms with Crippen molar-refractivity contribution in [2.75, 3.05) is 19.5 Å². The highest BCUT2D eigenvalue weighted by atomic mass is 16.5. The number of phenolic OH excluding ortho intramolecular Hbond substituents is 1. The van der Waals surface area contributed by atoms with Crippen LogP contribution in [-0.4, -0.2) is 40.4 Å². The number of H-pyrrole nitrogens is 1. The van der Waals surface area contributed by atoms with Crippen LogP contribution in [0.3, 0.4) is 0 Å². The van der Waals surface area contributed by atoms with Crippen LogP contribution in [0.15, 0.2) is 18.2 Å². The fraction of sp³-hybridized carbons (Fsp3) is 0.182. The van der Waals surface area contributed by atoms with E-state index in [4.69, 9.17) is 9.47 Å². The van der Waals surface area contributed by atoms with Crippen molar-refractivity contribution in [2.24, 2.45) is 0 Å². The van der Waals surface area contributed by atoms with E-state index >= 15 is 0 Å². The van der Waals surface area contributed by atoms with E-state index in [9.17, 15) is 9.90 Å². The van der Waals surface area contributed by atoms with Crippen LogP contribution in [0.4, 0.5) is 5.95 Å². The van der Waals surface area contributed by atoms with Crippen molar-refractivity contribution >= 4 is 11.9 Å². The monoisotopic (exact) mass is 264 g/mol. The number of hydrogen-bond acceptors (Lipinski definition) is 6. The summed E-state index contributed by atoms with van der Waals surface area (Å²) in [6, 6.07) is 4.70. The van der Waals surface area contributed by atoms with Crippen LogP contribution < -0.4 is 14.8 Å². The molecule has 1 aromatic heterocycles. The van der Waals surface area contributed by atoms with Gasteiger partial charge in [0.25, 0.3) is 5.91 Å². The Balaban J connectivity index is 2.20. The highest BCUT2D eigenvalue weighted by Crippen LogP contribution is 2.29.